The number of carbonyl (C=O) groups is 2. The van der Waals surface area contributed by atoms with Gasteiger partial charge in [-0.15, -0.1) is 23.5 Å². The van der Waals surface area contributed by atoms with Crippen LogP contribution < -0.4 is 0 Å². The van der Waals surface area contributed by atoms with Gasteiger partial charge in [0, 0.05) is 52.3 Å². The van der Waals surface area contributed by atoms with E-state index in [1.807, 2.05) is 29.2 Å². The summed E-state index contributed by atoms with van der Waals surface area (Å²) < 4.78 is 6.64. The molecule has 5 atom stereocenters. The second-order valence-electron chi connectivity index (χ2n) is 9.64. The van der Waals surface area contributed by atoms with Gasteiger partial charge in [0.1, 0.15) is 5.54 Å². The van der Waals surface area contributed by atoms with Gasteiger partial charge in [-0.1, -0.05) is 47.5 Å². The van der Waals surface area contributed by atoms with Crippen LogP contribution in [0.15, 0.2) is 58.3 Å². The summed E-state index contributed by atoms with van der Waals surface area (Å²) in [7, 11) is 0. The van der Waals surface area contributed by atoms with E-state index in [4.69, 9.17) is 27.9 Å². The predicted octanol–water partition coefficient (Wildman–Crippen LogP) is 5.46. The number of esters is 1. The molecular weight excluding hydrogens is 537 g/mol. The number of benzene rings is 2. The molecule has 4 aliphatic heterocycles. The Kier molecular flexibility index (Phi) is 6.26. The Hall–Kier alpha value is -1.48. The quantitative estimate of drug-likeness (QED) is 0.392. The molecule has 4 saturated heterocycles. The summed E-state index contributed by atoms with van der Waals surface area (Å²) in [5, 5.41) is 13.6. The molecule has 0 radical (unpaired) electrons. The topological polar surface area (TPSA) is 66.8 Å². The molecule has 6 rings (SSSR count). The molecule has 0 amide bonds. The lowest BCUT2D eigenvalue weighted by molar-refractivity contribution is -0.164. The second kappa shape index (κ2) is 9.07. The highest BCUT2D eigenvalue weighted by Gasteiger charge is 2.78. The van der Waals surface area contributed by atoms with Crippen LogP contribution in [0.3, 0.4) is 0 Å². The van der Waals surface area contributed by atoms with E-state index in [0.717, 1.165) is 26.9 Å². The van der Waals surface area contributed by atoms with E-state index in [-0.39, 0.29) is 25.4 Å². The molecule has 188 valence electrons. The zero-order chi connectivity index (χ0) is 25.2. The van der Waals surface area contributed by atoms with Crippen molar-refractivity contribution in [3.8, 4) is 0 Å². The average Bonchev–Trinajstić information content (AvgIpc) is 3.55. The molecule has 0 spiro atoms. The van der Waals surface area contributed by atoms with Gasteiger partial charge in [-0.05, 0) is 42.3 Å². The standard InChI is InChI=1S/C27H25Cl2NO4S2/c1-2-34-25(32)27-20(15-3-7-17(28)8-4-15)13-26(33)22(24-35-11-12-36-24)23(31)19(14-30(26)27)21(27)16-5-9-18(29)10-6-16/h3-10,19-21,33H,2,11-14H2,1H3/t19-,20-,21-,26-,27-/m0/s1. The maximum absolute atomic E-state index is 14.2. The van der Waals surface area contributed by atoms with E-state index < -0.39 is 35.0 Å². The van der Waals surface area contributed by atoms with E-state index in [1.165, 1.54) is 0 Å². The van der Waals surface area contributed by atoms with E-state index in [1.54, 1.807) is 54.7 Å². The molecule has 4 fully saturated rings. The number of thioether (sulfide) groups is 2. The first-order chi connectivity index (χ1) is 17.3. The second-order valence-corrected chi connectivity index (χ2v) is 13.0. The van der Waals surface area contributed by atoms with Gasteiger partial charge < -0.3 is 9.84 Å². The van der Waals surface area contributed by atoms with Crippen molar-refractivity contribution in [2.24, 2.45) is 5.92 Å². The van der Waals surface area contributed by atoms with Gasteiger partial charge in [0.2, 0.25) is 0 Å². The van der Waals surface area contributed by atoms with Crippen LogP contribution in [-0.4, -0.2) is 57.7 Å². The summed E-state index contributed by atoms with van der Waals surface area (Å²) in [6, 6.07) is 14.8. The van der Waals surface area contributed by atoms with Crippen molar-refractivity contribution >= 4 is 58.5 Å². The molecule has 36 heavy (non-hydrogen) atoms. The normalized spacial score (nSPS) is 33.4. The molecule has 0 aromatic heterocycles. The van der Waals surface area contributed by atoms with E-state index in [0.29, 0.717) is 15.6 Å². The first-order valence-electron chi connectivity index (χ1n) is 12.0. The van der Waals surface area contributed by atoms with Crippen LogP contribution in [0, 0.1) is 5.92 Å². The Morgan fingerprint density at radius 3 is 2.22 bits per heavy atom. The third-order valence-corrected chi connectivity index (χ3v) is 11.2. The number of ketones is 1. The molecule has 0 unspecified atom stereocenters. The third-order valence-electron chi connectivity index (χ3n) is 8.01. The average molecular weight is 563 g/mol. The van der Waals surface area contributed by atoms with E-state index >= 15 is 0 Å². The number of aliphatic hydroxyl groups is 1. The minimum absolute atomic E-state index is 0.0636. The first kappa shape index (κ1) is 24.8. The molecule has 5 nitrogen and oxygen atoms in total. The summed E-state index contributed by atoms with van der Waals surface area (Å²) >= 11 is 15.7. The van der Waals surface area contributed by atoms with Crippen molar-refractivity contribution in [1.29, 1.82) is 0 Å². The fraction of sp³-hybridized carbons (Fsp3) is 0.407. The summed E-state index contributed by atoms with van der Waals surface area (Å²) in [5.41, 5.74) is -0.644. The van der Waals surface area contributed by atoms with Gasteiger partial charge in [-0.2, -0.15) is 0 Å². The van der Waals surface area contributed by atoms with E-state index in [9.17, 15) is 14.7 Å². The number of halogens is 2. The molecule has 1 N–H and O–H groups in total. The molecular formula is C27H25Cl2NO4S2. The van der Waals surface area contributed by atoms with Crippen LogP contribution in [0.5, 0.6) is 0 Å². The number of hydrogen-bond acceptors (Lipinski definition) is 7. The summed E-state index contributed by atoms with van der Waals surface area (Å²) in [6.45, 7) is 2.27. The monoisotopic (exact) mass is 561 g/mol. The Bertz CT molecular complexity index is 1260. The van der Waals surface area contributed by atoms with Crippen molar-refractivity contribution < 1.29 is 19.4 Å². The van der Waals surface area contributed by atoms with Gasteiger partial charge in [0.15, 0.2) is 11.5 Å². The van der Waals surface area contributed by atoms with Crippen molar-refractivity contribution in [3.05, 3.63) is 79.5 Å². The van der Waals surface area contributed by atoms with Crippen molar-refractivity contribution in [1.82, 2.24) is 4.90 Å². The molecule has 4 aliphatic rings. The molecule has 4 heterocycles. The fourth-order valence-electron chi connectivity index (χ4n) is 6.76. The molecule has 9 heteroatoms. The van der Waals surface area contributed by atoms with Gasteiger partial charge in [-0.25, -0.2) is 4.79 Å². The Balaban J connectivity index is 1.65. The Morgan fingerprint density at radius 1 is 1.06 bits per heavy atom. The number of fused-ring (bicyclic) bond motifs is 1. The Morgan fingerprint density at radius 2 is 1.64 bits per heavy atom. The lowest BCUT2D eigenvalue weighted by atomic mass is 9.64. The van der Waals surface area contributed by atoms with Crippen molar-refractivity contribution in [3.63, 3.8) is 0 Å². The third kappa shape index (κ3) is 3.40. The summed E-state index contributed by atoms with van der Waals surface area (Å²) in [5.74, 6) is -0.102. The summed E-state index contributed by atoms with van der Waals surface area (Å²) in [4.78, 5) is 30.2. The summed E-state index contributed by atoms with van der Waals surface area (Å²) in [6.07, 6.45) is 0.218. The van der Waals surface area contributed by atoms with Gasteiger partial charge in [0.05, 0.1) is 16.4 Å². The van der Waals surface area contributed by atoms with Crippen LogP contribution in [0.25, 0.3) is 0 Å². The highest BCUT2D eigenvalue weighted by Crippen LogP contribution is 2.68. The molecule has 0 aliphatic carbocycles. The van der Waals surface area contributed by atoms with Crippen molar-refractivity contribution in [2.75, 3.05) is 24.7 Å². The number of carbonyl (C=O) groups excluding carboxylic acids is 2. The maximum Gasteiger partial charge on any atom is 0.327 e. The molecule has 2 aromatic carbocycles. The minimum atomic E-state index is -1.56. The number of ether oxygens (including phenoxy) is 1. The highest BCUT2D eigenvalue weighted by molar-refractivity contribution is 8.25. The van der Waals surface area contributed by atoms with Gasteiger partial charge >= 0.3 is 5.97 Å². The molecule has 2 bridgehead atoms. The number of Topliss-reactive ketones (excluding diaryl/α,β-unsaturated/α-hetero) is 1. The smallest absolute Gasteiger partial charge is 0.327 e. The van der Waals surface area contributed by atoms with Crippen LogP contribution in [0.2, 0.25) is 10.0 Å². The lowest BCUT2D eigenvalue weighted by Gasteiger charge is -2.42. The highest BCUT2D eigenvalue weighted by atomic mass is 35.5. The Labute approximate surface area is 228 Å². The maximum atomic E-state index is 14.2. The largest absolute Gasteiger partial charge is 0.465 e. The van der Waals surface area contributed by atoms with E-state index in [2.05, 4.69) is 0 Å². The SMILES string of the molecule is CCOC(=O)[C@@]12[C@H](c3ccc(Cl)cc3)C[C@]3(O)C(=C4SCCS4)C(=O)[C@@H](CN13)[C@@H]2c1ccc(Cl)cc1. The number of rotatable bonds is 4. The zero-order valence-electron chi connectivity index (χ0n) is 19.6. The first-order valence-corrected chi connectivity index (χ1v) is 14.8. The fourth-order valence-corrected chi connectivity index (χ4v) is 9.70. The van der Waals surface area contributed by atoms with Crippen LogP contribution >= 0.6 is 46.7 Å². The number of nitrogens with zero attached hydrogens (tertiary/aromatic N) is 1. The van der Waals surface area contributed by atoms with Gasteiger partial charge in [0.25, 0.3) is 0 Å². The minimum Gasteiger partial charge on any atom is -0.465 e. The zero-order valence-corrected chi connectivity index (χ0v) is 22.7. The number of hydrogen-bond donors (Lipinski definition) is 1. The predicted molar refractivity (Wildman–Crippen MR) is 144 cm³/mol. The van der Waals surface area contributed by atoms with Crippen molar-refractivity contribution in [2.45, 2.75) is 36.4 Å². The molecule has 0 saturated carbocycles. The molecule has 2 aromatic rings. The van der Waals surface area contributed by atoms with Gasteiger partial charge in [-0.3, -0.25) is 9.69 Å². The van der Waals surface area contributed by atoms with Crippen LogP contribution in [-0.2, 0) is 14.3 Å². The van der Waals surface area contributed by atoms with Crippen LogP contribution in [0.1, 0.15) is 36.3 Å². The van der Waals surface area contributed by atoms with Crippen LogP contribution in [0.4, 0.5) is 0 Å². The number of piperidine rings is 1. The lowest BCUT2D eigenvalue weighted by Crippen LogP contribution is -2.59.